The number of benzene rings is 2. The number of amides is 1. The molecule has 0 saturated heterocycles. The van der Waals surface area contributed by atoms with E-state index >= 15 is 0 Å². The summed E-state index contributed by atoms with van der Waals surface area (Å²) in [5, 5.41) is 4.87. The topological polar surface area (TPSA) is 66.9 Å². The first-order valence-electron chi connectivity index (χ1n) is 9.18. The van der Waals surface area contributed by atoms with Gasteiger partial charge in [0.05, 0.1) is 18.1 Å². The molecule has 1 atom stereocenters. The zero-order valence-corrected chi connectivity index (χ0v) is 17.3. The molecule has 0 fully saturated rings. The van der Waals surface area contributed by atoms with Crippen molar-refractivity contribution in [1.29, 1.82) is 0 Å². The zero-order valence-electron chi connectivity index (χ0n) is 15.7. The molecule has 2 aromatic carbocycles. The highest BCUT2D eigenvalue weighted by Crippen LogP contribution is 2.15. The molecule has 2 aromatic heterocycles. The molecule has 0 radical (unpaired) electrons. The van der Waals surface area contributed by atoms with Crippen LogP contribution in [0.25, 0.3) is 10.2 Å². The Morgan fingerprint density at radius 3 is 2.59 bits per heavy atom. The first-order valence-corrected chi connectivity index (χ1v) is 10.5. The quantitative estimate of drug-likeness (QED) is 0.461. The van der Waals surface area contributed by atoms with E-state index in [2.05, 4.69) is 10.3 Å². The van der Waals surface area contributed by atoms with E-state index < -0.39 is 0 Å². The molecule has 5 nitrogen and oxygen atoms in total. The van der Waals surface area contributed by atoms with Crippen LogP contribution in [0.1, 0.15) is 34.5 Å². The average molecular weight is 422 g/mol. The standard InChI is InChI=1S/C22H19N3O2S2/c1-14(16-5-3-2-4-6-16)23-20(26)17-9-7-15(8-10-17)13-25-21(27)19-18(11-12-29-19)24-22(25)28/h2-12,14H,13H2,1H3,(H,23,26)(H,24,28). The zero-order chi connectivity index (χ0) is 20.4. The van der Waals surface area contributed by atoms with Gasteiger partial charge in [-0.3, -0.25) is 14.2 Å². The summed E-state index contributed by atoms with van der Waals surface area (Å²) < 4.78 is 2.59. The molecular weight excluding hydrogens is 402 g/mol. The second-order valence-corrected chi connectivity index (χ2v) is 8.09. The Morgan fingerprint density at radius 2 is 1.86 bits per heavy atom. The van der Waals surface area contributed by atoms with Crippen LogP contribution in [0.5, 0.6) is 0 Å². The Balaban J connectivity index is 1.50. The normalized spacial score (nSPS) is 12.0. The predicted octanol–water partition coefficient (Wildman–Crippen LogP) is 4.66. The van der Waals surface area contributed by atoms with Crippen LogP contribution >= 0.6 is 23.6 Å². The third kappa shape index (κ3) is 4.06. The summed E-state index contributed by atoms with van der Waals surface area (Å²) in [4.78, 5) is 28.3. The van der Waals surface area contributed by atoms with Crippen molar-refractivity contribution in [2.75, 3.05) is 0 Å². The molecular formula is C22H19N3O2S2. The summed E-state index contributed by atoms with van der Waals surface area (Å²) in [6, 6.07) is 18.8. The molecule has 4 rings (SSSR count). The summed E-state index contributed by atoms with van der Waals surface area (Å²) in [5.74, 6) is -0.137. The number of nitrogens with one attached hydrogen (secondary N) is 2. The highest BCUT2D eigenvalue weighted by molar-refractivity contribution is 7.71. The van der Waals surface area contributed by atoms with Gasteiger partial charge in [0, 0.05) is 5.56 Å². The number of hydrogen-bond acceptors (Lipinski definition) is 4. The number of carbonyl (C=O) groups excluding carboxylic acids is 1. The molecule has 2 N–H and O–H groups in total. The molecule has 2 heterocycles. The molecule has 0 aliphatic carbocycles. The Kier molecular flexibility index (Phi) is 5.42. The van der Waals surface area contributed by atoms with E-state index in [4.69, 9.17) is 12.2 Å². The van der Waals surface area contributed by atoms with E-state index in [-0.39, 0.29) is 17.5 Å². The lowest BCUT2D eigenvalue weighted by Crippen LogP contribution is -2.26. The summed E-state index contributed by atoms with van der Waals surface area (Å²) in [6.45, 7) is 2.31. The van der Waals surface area contributed by atoms with Crippen molar-refractivity contribution in [2.24, 2.45) is 0 Å². The van der Waals surface area contributed by atoms with E-state index in [1.165, 1.54) is 11.3 Å². The van der Waals surface area contributed by atoms with Crippen molar-refractivity contribution in [1.82, 2.24) is 14.9 Å². The monoisotopic (exact) mass is 421 g/mol. The molecule has 0 saturated carbocycles. The summed E-state index contributed by atoms with van der Waals surface area (Å²) >= 11 is 6.73. The van der Waals surface area contributed by atoms with Crippen molar-refractivity contribution < 1.29 is 4.79 Å². The van der Waals surface area contributed by atoms with Gasteiger partial charge < -0.3 is 10.3 Å². The number of thiophene rings is 1. The molecule has 1 unspecified atom stereocenters. The largest absolute Gasteiger partial charge is 0.346 e. The van der Waals surface area contributed by atoms with E-state index in [0.29, 0.717) is 21.6 Å². The Morgan fingerprint density at radius 1 is 1.14 bits per heavy atom. The lowest BCUT2D eigenvalue weighted by molar-refractivity contribution is 0.0940. The van der Waals surface area contributed by atoms with Gasteiger partial charge in [-0.1, -0.05) is 42.5 Å². The van der Waals surface area contributed by atoms with E-state index in [0.717, 1.165) is 16.6 Å². The fourth-order valence-electron chi connectivity index (χ4n) is 3.16. The minimum Gasteiger partial charge on any atom is -0.346 e. The SMILES string of the molecule is CC(NC(=O)c1ccc(Cn2c(=S)[nH]c3ccsc3c2=O)cc1)c1ccccc1. The lowest BCUT2D eigenvalue weighted by Gasteiger charge is -2.14. The van der Waals surface area contributed by atoms with Gasteiger partial charge in [-0.2, -0.15) is 0 Å². The molecule has 4 aromatic rings. The highest BCUT2D eigenvalue weighted by Gasteiger charge is 2.12. The van der Waals surface area contributed by atoms with Gasteiger partial charge in [0.25, 0.3) is 11.5 Å². The second kappa shape index (κ2) is 8.14. The van der Waals surface area contributed by atoms with Gasteiger partial charge in [0.1, 0.15) is 4.70 Å². The first-order chi connectivity index (χ1) is 14.0. The predicted molar refractivity (Wildman–Crippen MR) is 119 cm³/mol. The van der Waals surface area contributed by atoms with Crippen molar-refractivity contribution >= 4 is 39.7 Å². The third-order valence-electron chi connectivity index (χ3n) is 4.80. The second-order valence-electron chi connectivity index (χ2n) is 6.79. The van der Waals surface area contributed by atoms with Gasteiger partial charge >= 0.3 is 0 Å². The fraction of sp³-hybridized carbons (Fsp3) is 0.136. The fourth-order valence-corrected chi connectivity index (χ4v) is 4.22. The van der Waals surface area contributed by atoms with Crippen LogP contribution < -0.4 is 10.9 Å². The van der Waals surface area contributed by atoms with Crippen LogP contribution in [0.2, 0.25) is 0 Å². The van der Waals surface area contributed by atoms with Gasteiger partial charge in [0.2, 0.25) is 0 Å². The maximum atomic E-state index is 12.7. The molecule has 29 heavy (non-hydrogen) atoms. The minimum atomic E-state index is -0.137. The lowest BCUT2D eigenvalue weighted by atomic mass is 10.1. The number of aromatic nitrogens is 2. The number of carbonyl (C=O) groups is 1. The number of rotatable bonds is 5. The number of hydrogen-bond donors (Lipinski definition) is 2. The molecule has 146 valence electrons. The Bertz CT molecular complexity index is 1270. The highest BCUT2D eigenvalue weighted by atomic mass is 32.1. The minimum absolute atomic E-state index is 0.0854. The maximum Gasteiger partial charge on any atom is 0.272 e. The smallest absolute Gasteiger partial charge is 0.272 e. The number of fused-ring (bicyclic) bond motifs is 1. The molecule has 0 spiro atoms. The van der Waals surface area contributed by atoms with Crippen LogP contribution in [0, 0.1) is 4.77 Å². The number of nitrogens with zero attached hydrogens (tertiary/aromatic N) is 1. The molecule has 1 amide bonds. The molecule has 0 aliphatic rings. The van der Waals surface area contributed by atoms with E-state index in [9.17, 15) is 9.59 Å². The van der Waals surface area contributed by atoms with Crippen LogP contribution in [-0.2, 0) is 6.54 Å². The van der Waals surface area contributed by atoms with Crippen molar-refractivity contribution in [3.8, 4) is 0 Å². The van der Waals surface area contributed by atoms with Gasteiger partial charge in [-0.15, -0.1) is 11.3 Å². The van der Waals surface area contributed by atoms with Gasteiger partial charge in [0.15, 0.2) is 4.77 Å². The summed E-state index contributed by atoms with van der Waals surface area (Å²) in [7, 11) is 0. The Labute approximate surface area is 176 Å². The van der Waals surface area contributed by atoms with Crippen LogP contribution in [0.4, 0.5) is 0 Å². The van der Waals surface area contributed by atoms with E-state index in [1.54, 1.807) is 16.7 Å². The van der Waals surface area contributed by atoms with Crippen molar-refractivity contribution in [2.45, 2.75) is 19.5 Å². The third-order valence-corrected chi connectivity index (χ3v) is 6.02. The molecule has 7 heteroatoms. The van der Waals surface area contributed by atoms with Crippen LogP contribution in [-0.4, -0.2) is 15.5 Å². The maximum absolute atomic E-state index is 12.7. The molecule has 0 aliphatic heterocycles. The van der Waals surface area contributed by atoms with Crippen molar-refractivity contribution in [3.63, 3.8) is 0 Å². The van der Waals surface area contributed by atoms with E-state index in [1.807, 2.05) is 60.8 Å². The first kappa shape index (κ1) is 19.3. The summed E-state index contributed by atoms with van der Waals surface area (Å²) in [6.07, 6.45) is 0. The summed E-state index contributed by atoms with van der Waals surface area (Å²) in [5.41, 5.74) is 3.19. The number of H-pyrrole nitrogens is 1. The van der Waals surface area contributed by atoms with Crippen molar-refractivity contribution in [3.05, 3.63) is 97.9 Å². The molecule has 0 bridgehead atoms. The number of aromatic amines is 1. The average Bonchev–Trinajstić information content (AvgIpc) is 3.20. The van der Waals surface area contributed by atoms with Crippen LogP contribution in [0.3, 0.4) is 0 Å². The Hall–Kier alpha value is -3.03. The van der Waals surface area contributed by atoms with Gasteiger partial charge in [-0.05, 0) is 53.8 Å². The van der Waals surface area contributed by atoms with Gasteiger partial charge in [-0.25, -0.2) is 0 Å². The van der Waals surface area contributed by atoms with Crippen LogP contribution in [0.15, 0.2) is 70.8 Å².